The highest BCUT2D eigenvalue weighted by Crippen LogP contribution is 2.12. The summed E-state index contributed by atoms with van der Waals surface area (Å²) in [7, 11) is 0. The van der Waals surface area contributed by atoms with Gasteiger partial charge in [0.25, 0.3) is 0 Å². The lowest BCUT2D eigenvalue weighted by atomic mass is 10.0. The molecule has 0 spiro atoms. The number of aromatic nitrogens is 1. The third-order valence-electron chi connectivity index (χ3n) is 6.00. The van der Waals surface area contributed by atoms with E-state index in [4.69, 9.17) is 15.2 Å². The fourth-order valence-electron chi connectivity index (χ4n) is 4.01. The first kappa shape index (κ1) is 31.7. The Morgan fingerprint density at radius 3 is 2.13 bits per heavy atom. The van der Waals surface area contributed by atoms with E-state index < -0.39 is 30.4 Å². The van der Waals surface area contributed by atoms with Crippen LogP contribution in [-0.4, -0.2) is 88.5 Å². The number of carboxylic acid groups (broad SMARTS) is 1. The molecule has 2 unspecified atom stereocenters. The summed E-state index contributed by atoms with van der Waals surface area (Å²) in [6.45, 7) is 8.29. The van der Waals surface area contributed by atoms with Crippen LogP contribution in [0.1, 0.15) is 38.8 Å². The monoisotopic (exact) mass is 543 g/mol. The van der Waals surface area contributed by atoms with Crippen molar-refractivity contribution in [3.05, 3.63) is 66.0 Å². The molecule has 0 radical (unpaired) electrons. The molecule has 11 heteroatoms. The molecule has 4 N–H and O–H groups in total. The van der Waals surface area contributed by atoms with E-state index in [9.17, 15) is 19.5 Å². The minimum Gasteiger partial charge on any atom is -0.465 e. The van der Waals surface area contributed by atoms with Crippen LogP contribution >= 0.6 is 0 Å². The molecule has 2 atom stereocenters. The first-order valence-electron chi connectivity index (χ1n) is 13.2. The molecule has 0 saturated heterocycles. The highest BCUT2D eigenvalue weighted by atomic mass is 16.7. The molecule has 0 aliphatic heterocycles. The maximum absolute atomic E-state index is 13.8. The SMILES string of the molecule is CCOC(CN(C(=O)C(Cc1ccncc1)NC(=O)C(N)CN(Cc1ccccc1)C(=O)O)C(C)C)OCC. The molecular formula is C28H41N5O6. The molecular weight excluding hydrogens is 502 g/mol. The Labute approximate surface area is 230 Å². The number of nitrogens with two attached hydrogens (primary N) is 1. The third-order valence-corrected chi connectivity index (χ3v) is 6.00. The van der Waals surface area contributed by atoms with Gasteiger partial charge in [0.2, 0.25) is 11.8 Å². The number of carbonyl (C=O) groups excluding carboxylic acids is 2. The molecule has 0 saturated carbocycles. The molecule has 0 fully saturated rings. The Kier molecular flexibility index (Phi) is 13.3. The van der Waals surface area contributed by atoms with Crippen molar-refractivity contribution in [3.8, 4) is 0 Å². The highest BCUT2D eigenvalue weighted by molar-refractivity contribution is 5.90. The second-order valence-electron chi connectivity index (χ2n) is 9.30. The van der Waals surface area contributed by atoms with Crippen LogP contribution in [0.5, 0.6) is 0 Å². The van der Waals surface area contributed by atoms with Crippen LogP contribution < -0.4 is 11.1 Å². The van der Waals surface area contributed by atoms with Crippen molar-refractivity contribution in [2.45, 2.75) is 65.1 Å². The van der Waals surface area contributed by atoms with Crippen molar-refractivity contribution in [1.82, 2.24) is 20.1 Å². The van der Waals surface area contributed by atoms with Crippen LogP contribution in [0.25, 0.3) is 0 Å². The van der Waals surface area contributed by atoms with E-state index in [1.54, 1.807) is 53.7 Å². The summed E-state index contributed by atoms with van der Waals surface area (Å²) in [5, 5.41) is 12.5. The smallest absolute Gasteiger partial charge is 0.407 e. The van der Waals surface area contributed by atoms with Gasteiger partial charge in [-0.2, -0.15) is 0 Å². The topological polar surface area (TPSA) is 147 Å². The van der Waals surface area contributed by atoms with Gasteiger partial charge in [-0.3, -0.25) is 14.6 Å². The van der Waals surface area contributed by atoms with E-state index in [-0.39, 0.29) is 38.0 Å². The van der Waals surface area contributed by atoms with Gasteiger partial charge in [-0.15, -0.1) is 0 Å². The zero-order chi connectivity index (χ0) is 28.8. The number of carbonyl (C=O) groups is 3. The van der Waals surface area contributed by atoms with Gasteiger partial charge >= 0.3 is 6.09 Å². The van der Waals surface area contributed by atoms with E-state index in [1.807, 2.05) is 33.8 Å². The van der Waals surface area contributed by atoms with Crippen LogP contribution in [0.4, 0.5) is 4.79 Å². The van der Waals surface area contributed by atoms with E-state index >= 15 is 0 Å². The predicted molar refractivity (Wildman–Crippen MR) is 147 cm³/mol. The van der Waals surface area contributed by atoms with Gasteiger partial charge in [0.15, 0.2) is 6.29 Å². The second-order valence-corrected chi connectivity index (χ2v) is 9.30. The molecule has 39 heavy (non-hydrogen) atoms. The molecule has 0 aliphatic carbocycles. The lowest BCUT2D eigenvalue weighted by molar-refractivity contribution is -0.163. The van der Waals surface area contributed by atoms with Gasteiger partial charge in [0, 0.05) is 51.2 Å². The number of hydrogen-bond donors (Lipinski definition) is 3. The Hall–Kier alpha value is -3.54. The number of nitrogens with zero attached hydrogens (tertiary/aromatic N) is 3. The average Bonchev–Trinajstić information content (AvgIpc) is 2.91. The molecule has 1 heterocycles. The number of benzene rings is 1. The van der Waals surface area contributed by atoms with E-state index in [2.05, 4.69) is 10.3 Å². The predicted octanol–water partition coefficient (Wildman–Crippen LogP) is 2.25. The summed E-state index contributed by atoms with van der Waals surface area (Å²) in [5.74, 6) is -0.956. The molecule has 1 aromatic carbocycles. The minimum atomic E-state index is -1.20. The number of rotatable bonds is 16. The quantitative estimate of drug-likeness (QED) is 0.273. The molecule has 1 aromatic heterocycles. The Morgan fingerprint density at radius 2 is 1.59 bits per heavy atom. The van der Waals surface area contributed by atoms with Gasteiger partial charge in [0.05, 0.1) is 6.54 Å². The van der Waals surface area contributed by atoms with Crippen molar-refractivity contribution in [3.63, 3.8) is 0 Å². The van der Waals surface area contributed by atoms with Crippen LogP contribution in [0, 0.1) is 0 Å². The number of nitrogens with one attached hydrogen (secondary N) is 1. The molecule has 214 valence electrons. The van der Waals surface area contributed by atoms with Gasteiger partial charge in [-0.25, -0.2) is 4.79 Å². The van der Waals surface area contributed by atoms with Crippen molar-refractivity contribution in [1.29, 1.82) is 0 Å². The summed E-state index contributed by atoms with van der Waals surface area (Å²) >= 11 is 0. The molecule has 0 bridgehead atoms. The molecule has 2 rings (SSSR count). The molecule has 11 nitrogen and oxygen atoms in total. The fourth-order valence-corrected chi connectivity index (χ4v) is 4.01. The van der Waals surface area contributed by atoms with Crippen LogP contribution in [-0.2, 0) is 32.0 Å². The van der Waals surface area contributed by atoms with Crippen molar-refractivity contribution in [2.75, 3.05) is 26.3 Å². The Balaban J connectivity index is 2.22. The Morgan fingerprint density at radius 1 is 0.974 bits per heavy atom. The maximum Gasteiger partial charge on any atom is 0.407 e. The van der Waals surface area contributed by atoms with Crippen LogP contribution in [0.3, 0.4) is 0 Å². The second kappa shape index (κ2) is 16.4. The maximum atomic E-state index is 13.8. The van der Waals surface area contributed by atoms with Crippen molar-refractivity contribution < 1.29 is 29.0 Å². The number of ether oxygens (including phenoxy) is 2. The first-order chi connectivity index (χ1) is 18.7. The van der Waals surface area contributed by atoms with Crippen molar-refractivity contribution in [2.24, 2.45) is 5.73 Å². The molecule has 0 aliphatic rings. The third kappa shape index (κ3) is 10.6. The summed E-state index contributed by atoms with van der Waals surface area (Å²) < 4.78 is 11.3. The Bertz CT molecular complexity index is 1020. The minimum absolute atomic E-state index is 0.0773. The van der Waals surface area contributed by atoms with E-state index in [0.717, 1.165) is 16.0 Å². The average molecular weight is 544 g/mol. The zero-order valence-electron chi connectivity index (χ0n) is 23.2. The molecule has 3 amide bonds. The van der Waals surface area contributed by atoms with Crippen LogP contribution in [0.2, 0.25) is 0 Å². The summed E-state index contributed by atoms with van der Waals surface area (Å²) in [6.07, 6.45) is 1.60. The normalized spacial score (nSPS) is 12.7. The standard InChI is InChI=1S/C28H41N5O6/c1-5-38-25(39-6-2)19-33(20(3)4)27(35)24(16-21-12-14-30-15-13-21)31-26(34)23(29)18-32(28(36)37)17-22-10-8-7-9-11-22/h7-15,20,23-25H,5-6,16-19,29H2,1-4H3,(H,31,34)(H,36,37). The lowest BCUT2D eigenvalue weighted by Gasteiger charge is -2.34. The summed E-state index contributed by atoms with van der Waals surface area (Å²) in [6, 6.07) is 10.2. The zero-order valence-corrected chi connectivity index (χ0v) is 23.2. The number of pyridine rings is 1. The van der Waals surface area contributed by atoms with Gasteiger partial charge < -0.3 is 35.4 Å². The van der Waals surface area contributed by atoms with Gasteiger partial charge in [-0.1, -0.05) is 30.3 Å². The van der Waals surface area contributed by atoms with Gasteiger partial charge in [0.1, 0.15) is 12.1 Å². The number of amides is 3. The first-order valence-corrected chi connectivity index (χ1v) is 13.2. The van der Waals surface area contributed by atoms with Crippen LogP contribution in [0.15, 0.2) is 54.9 Å². The largest absolute Gasteiger partial charge is 0.465 e. The fraction of sp³-hybridized carbons (Fsp3) is 0.500. The summed E-state index contributed by atoms with van der Waals surface area (Å²) in [5.41, 5.74) is 7.72. The van der Waals surface area contributed by atoms with E-state index in [1.165, 1.54) is 0 Å². The summed E-state index contributed by atoms with van der Waals surface area (Å²) in [4.78, 5) is 45.5. The number of hydrogen-bond acceptors (Lipinski definition) is 7. The lowest BCUT2D eigenvalue weighted by Crippen LogP contribution is -2.57. The van der Waals surface area contributed by atoms with Gasteiger partial charge in [-0.05, 0) is 51.0 Å². The highest BCUT2D eigenvalue weighted by Gasteiger charge is 2.32. The molecule has 2 aromatic rings. The van der Waals surface area contributed by atoms with Crippen molar-refractivity contribution >= 4 is 17.9 Å². The van der Waals surface area contributed by atoms with E-state index in [0.29, 0.717) is 13.2 Å².